The number of rotatable bonds is 10. The van der Waals surface area contributed by atoms with Crippen molar-refractivity contribution in [2.45, 2.75) is 37.9 Å². The summed E-state index contributed by atoms with van der Waals surface area (Å²) >= 11 is 0.973. The molecule has 1 atom stereocenters. The van der Waals surface area contributed by atoms with Gasteiger partial charge in [-0.3, -0.25) is 9.59 Å². The Morgan fingerprint density at radius 3 is 2.40 bits per heavy atom. The molecular weight excluding hydrogens is 464 g/mol. The quantitative estimate of drug-likeness (QED) is 0.220. The van der Waals surface area contributed by atoms with Crippen LogP contribution in [0.15, 0.2) is 65.2 Å². The van der Waals surface area contributed by atoms with Crippen LogP contribution < -0.4 is 10.2 Å². The molecule has 1 heterocycles. The minimum absolute atomic E-state index is 0.0885. The monoisotopic (exact) mass is 488 g/mol. The number of nitriles is 2. The van der Waals surface area contributed by atoms with Gasteiger partial charge in [-0.1, -0.05) is 49.7 Å². The lowest BCUT2D eigenvalue weighted by Crippen LogP contribution is -2.31. The van der Waals surface area contributed by atoms with E-state index in [1.807, 2.05) is 18.2 Å². The lowest BCUT2D eigenvalue weighted by atomic mass is 10.2. The van der Waals surface area contributed by atoms with Crippen LogP contribution in [0.2, 0.25) is 0 Å². The molecule has 0 saturated carbocycles. The molecule has 1 saturated heterocycles. The molecule has 9 heteroatoms. The Morgan fingerprint density at radius 2 is 1.77 bits per heavy atom. The summed E-state index contributed by atoms with van der Waals surface area (Å²) in [6.07, 6.45) is 2.71. The number of carbonyl (C=O) groups is 3. The van der Waals surface area contributed by atoms with Gasteiger partial charge < -0.3 is 10.1 Å². The number of imide groups is 1. The highest BCUT2D eigenvalue weighted by Crippen LogP contribution is 2.35. The van der Waals surface area contributed by atoms with E-state index in [2.05, 4.69) is 12.2 Å². The molecule has 1 N–H and O–H groups in total. The molecule has 1 fully saturated rings. The minimum Gasteiger partial charge on any atom is -0.462 e. The van der Waals surface area contributed by atoms with Gasteiger partial charge in [0.1, 0.15) is 17.2 Å². The molecule has 1 aliphatic rings. The average Bonchev–Trinajstić information content (AvgIpc) is 3.15. The third-order valence-corrected chi connectivity index (χ3v) is 6.38. The molecule has 35 heavy (non-hydrogen) atoms. The van der Waals surface area contributed by atoms with Gasteiger partial charge in [0, 0.05) is 12.1 Å². The van der Waals surface area contributed by atoms with Crippen molar-refractivity contribution in [3.63, 3.8) is 0 Å². The van der Waals surface area contributed by atoms with Gasteiger partial charge in [0.15, 0.2) is 5.57 Å². The number of nitrogens with zero attached hydrogens (tertiary/aromatic N) is 3. The number of esters is 1. The Balaban J connectivity index is 1.72. The van der Waals surface area contributed by atoms with Crippen molar-refractivity contribution in [1.29, 1.82) is 10.5 Å². The molecule has 0 radical (unpaired) electrons. The van der Waals surface area contributed by atoms with Crippen LogP contribution >= 0.6 is 11.8 Å². The maximum Gasteiger partial charge on any atom is 0.338 e. The number of nitrogens with one attached hydrogen (secondary N) is 1. The molecule has 8 nitrogen and oxygen atoms in total. The van der Waals surface area contributed by atoms with Crippen molar-refractivity contribution in [1.82, 2.24) is 0 Å². The smallest absolute Gasteiger partial charge is 0.338 e. The number of para-hydroxylation sites is 1. The molecule has 3 rings (SSSR count). The topological polar surface area (TPSA) is 123 Å². The van der Waals surface area contributed by atoms with Crippen molar-refractivity contribution < 1.29 is 19.1 Å². The van der Waals surface area contributed by atoms with Crippen molar-refractivity contribution in [3.8, 4) is 12.1 Å². The lowest BCUT2D eigenvalue weighted by molar-refractivity contribution is -0.121. The highest BCUT2D eigenvalue weighted by atomic mass is 32.2. The number of thioether (sulfide) groups is 1. The van der Waals surface area contributed by atoms with Crippen LogP contribution in [-0.2, 0) is 14.3 Å². The number of allylic oxidation sites excluding steroid dienone is 1. The average molecular weight is 489 g/mol. The summed E-state index contributed by atoms with van der Waals surface area (Å²) in [5.41, 5.74) is 1.14. The van der Waals surface area contributed by atoms with Crippen LogP contribution in [0.5, 0.6) is 0 Å². The maximum absolute atomic E-state index is 13.1. The largest absolute Gasteiger partial charge is 0.462 e. The number of amides is 2. The van der Waals surface area contributed by atoms with E-state index in [1.54, 1.807) is 24.3 Å². The summed E-state index contributed by atoms with van der Waals surface area (Å²) < 4.78 is 5.24. The number of hydrogen-bond acceptors (Lipinski definition) is 8. The van der Waals surface area contributed by atoms with Gasteiger partial charge in [0.25, 0.3) is 0 Å². The summed E-state index contributed by atoms with van der Waals surface area (Å²) in [5.74, 6) is -1.32. The third kappa shape index (κ3) is 6.50. The normalized spacial score (nSPS) is 14.7. The highest BCUT2D eigenvalue weighted by Gasteiger charge is 2.41. The van der Waals surface area contributed by atoms with Gasteiger partial charge in [0.05, 0.1) is 23.1 Å². The Hall–Kier alpha value is -4.08. The molecule has 1 aliphatic heterocycles. The molecule has 2 aromatic rings. The Morgan fingerprint density at radius 1 is 1.09 bits per heavy atom. The van der Waals surface area contributed by atoms with Gasteiger partial charge in [-0.2, -0.15) is 10.5 Å². The second kappa shape index (κ2) is 12.4. The summed E-state index contributed by atoms with van der Waals surface area (Å²) in [4.78, 5) is 39.0. The number of benzene rings is 2. The standard InChI is InChI=1S/C26H24N4O4S/c1-2-3-7-14-34-26(33)18-10-12-21(13-11-18)30-23(31)15-22(25(30)32)35-24(19(16-27)17-28)29-20-8-5-4-6-9-20/h4-6,8-13,22,29H,2-3,7,14-15H2,1H3. The summed E-state index contributed by atoms with van der Waals surface area (Å²) in [6.45, 7) is 2.41. The predicted octanol–water partition coefficient (Wildman–Crippen LogP) is 4.77. The van der Waals surface area contributed by atoms with E-state index in [9.17, 15) is 24.9 Å². The van der Waals surface area contributed by atoms with Crippen molar-refractivity contribution >= 4 is 40.9 Å². The SMILES string of the molecule is CCCCCOC(=O)c1ccc(N2C(=O)CC(SC(Nc3ccccc3)=C(C#N)C#N)C2=O)cc1. The lowest BCUT2D eigenvalue weighted by Gasteiger charge is -2.16. The first kappa shape index (κ1) is 25.5. The Kier molecular flexibility index (Phi) is 9.05. The highest BCUT2D eigenvalue weighted by molar-refractivity contribution is 8.04. The van der Waals surface area contributed by atoms with Crippen LogP contribution in [0.4, 0.5) is 11.4 Å². The van der Waals surface area contributed by atoms with Crippen molar-refractivity contribution in [2.75, 3.05) is 16.8 Å². The van der Waals surface area contributed by atoms with E-state index in [0.717, 1.165) is 35.9 Å². The molecule has 0 spiro atoms. The molecule has 0 aliphatic carbocycles. The fourth-order valence-electron chi connectivity index (χ4n) is 3.39. The van der Waals surface area contributed by atoms with Crippen molar-refractivity contribution in [3.05, 3.63) is 70.8 Å². The zero-order valence-electron chi connectivity index (χ0n) is 19.2. The van der Waals surface area contributed by atoms with Gasteiger partial charge in [0.2, 0.25) is 11.8 Å². The van der Waals surface area contributed by atoms with Crippen LogP contribution in [0.3, 0.4) is 0 Å². The summed E-state index contributed by atoms with van der Waals surface area (Å²) in [6, 6.07) is 18.7. The van der Waals surface area contributed by atoms with E-state index in [0.29, 0.717) is 23.5 Å². The first-order chi connectivity index (χ1) is 17.0. The Labute approximate surface area is 208 Å². The fraction of sp³-hybridized carbons (Fsp3) is 0.269. The van der Waals surface area contributed by atoms with Gasteiger partial charge in [-0.15, -0.1) is 0 Å². The van der Waals surface area contributed by atoms with Crippen LogP contribution in [0.25, 0.3) is 0 Å². The van der Waals surface area contributed by atoms with E-state index < -0.39 is 23.0 Å². The zero-order valence-corrected chi connectivity index (χ0v) is 20.0. The molecule has 2 amide bonds. The van der Waals surface area contributed by atoms with E-state index in [4.69, 9.17) is 4.74 Å². The van der Waals surface area contributed by atoms with Gasteiger partial charge >= 0.3 is 5.97 Å². The fourth-order valence-corrected chi connectivity index (χ4v) is 4.49. The number of carbonyl (C=O) groups excluding carboxylic acids is 3. The minimum atomic E-state index is -0.811. The number of anilines is 2. The summed E-state index contributed by atoms with van der Waals surface area (Å²) in [5, 5.41) is 21.1. The van der Waals surface area contributed by atoms with E-state index >= 15 is 0 Å². The van der Waals surface area contributed by atoms with Crippen molar-refractivity contribution in [2.24, 2.45) is 0 Å². The number of hydrogen-bond donors (Lipinski definition) is 1. The number of unbranched alkanes of at least 4 members (excludes halogenated alkanes) is 2. The molecule has 178 valence electrons. The van der Waals surface area contributed by atoms with Crippen LogP contribution in [0, 0.1) is 22.7 Å². The van der Waals surface area contributed by atoms with Gasteiger partial charge in [-0.05, 0) is 42.8 Å². The predicted molar refractivity (Wildman–Crippen MR) is 133 cm³/mol. The molecule has 0 bridgehead atoms. The first-order valence-electron chi connectivity index (χ1n) is 11.2. The second-order valence-electron chi connectivity index (χ2n) is 7.69. The summed E-state index contributed by atoms with van der Waals surface area (Å²) in [7, 11) is 0. The molecular formula is C26H24N4O4S. The molecule has 0 aromatic heterocycles. The second-order valence-corrected chi connectivity index (χ2v) is 8.90. The third-order valence-electron chi connectivity index (χ3n) is 5.19. The molecule has 1 unspecified atom stereocenters. The maximum atomic E-state index is 13.1. The molecule has 2 aromatic carbocycles. The van der Waals surface area contributed by atoms with E-state index in [-0.39, 0.29) is 17.0 Å². The van der Waals surface area contributed by atoms with Gasteiger partial charge in [-0.25, -0.2) is 9.69 Å². The zero-order chi connectivity index (χ0) is 25.2. The Bertz CT molecular complexity index is 1180. The van der Waals surface area contributed by atoms with E-state index in [1.165, 1.54) is 24.3 Å². The van der Waals surface area contributed by atoms with Crippen LogP contribution in [0.1, 0.15) is 43.0 Å². The van der Waals surface area contributed by atoms with Crippen LogP contribution in [-0.4, -0.2) is 29.6 Å². The first-order valence-corrected chi connectivity index (χ1v) is 12.0. The number of ether oxygens (including phenoxy) is 1.